The van der Waals surface area contributed by atoms with Gasteiger partial charge in [-0.1, -0.05) is 59.9 Å². The highest BCUT2D eigenvalue weighted by atomic mass is 16.7. The normalized spacial score (nSPS) is 19.5. The molecule has 0 saturated carbocycles. The minimum absolute atomic E-state index is 0.0922. The van der Waals surface area contributed by atoms with Crippen LogP contribution in [-0.4, -0.2) is 71.4 Å². The fourth-order valence-corrected chi connectivity index (χ4v) is 5.64. The molecule has 4 atom stereocenters. The SMILES string of the molecule is Cc1ccc(C#Cc2ccc(CN3O[C@@H]([C@@H](C)O)[C@H](CN(C)C)[C@H]3C(=O)NCCc3c[nH]c4ccccc34)cc2)cc1. The van der Waals surface area contributed by atoms with Crippen molar-refractivity contribution in [2.45, 2.75) is 45.1 Å². The van der Waals surface area contributed by atoms with Gasteiger partial charge in [0.25, 0.3) is 0 Å². The lowest BCUT2D eigenvalue weighted by molar-refractivity contribution is -0.192. The van der Waals surface area contributed by atoms with Crippen molar-refractivity contribution >= 4 is 16.8 Å². The van der Waals surface area contributed by atoms with Gasteiger partial charge in [0.1, 0.15) is 12.1 Å². The number of hydroxylamine groups is 2. The number of carbonyl (C=O) groups excluding carboxylic acids is 1. The minimum atomic E-state index is -0.721. The van der Waals surface area contributed by atoms with Crippen molar-refractivity contribution < 1.29 is 14.7 Å². The molecule has 0 spiro atoms. The molecule has 3 N–H and O–H groups in total. The molecule has 3 aromatic carbocycles. The molecule has 7 nitrogen and oxygen atoms in total. The molecule has 218 valence electrons. The first-order valence-electron chi connectivity index (χ1n) is 14.5. The van der Waals surface area contributed by atoms with Gasteiger partial charge in [-0.2, -0.15) is 5.06 Å². The summed E-state index contributed by atoms with van der Waals surface area (Å²) in [5, 5.41) is 16.7. The number of aliphatic hydroxyl groups excluding tert-OH is 1. The molecular weight excluding hydrogens is 524 g/mol. The van der Waals surface area contributed by atoms with Gasteiger partial charge in [-0.15, -0.1) is 0 Å². The Morgan fingerprint density at radius 3 is 2.38 bits per heavy atom. The van der Waals surface area contributed by atoms with Crippen LogP contribution in [0.4, 0.5) is 0 Å². The highest BCUT2D eigenvalue weighted by Crippen LogP contribution is 2.32. The average molecular weight is 565 g/mol. The Bertz CT molecular complexity index is 1550. The molecule has 5 rings (SSSR count). The third-order valence-electron chi connectivity index (χ3n) is 7.78. The van der Waals surface area contributed by atoms with E-state index in [4.69, 9.17) is 4.84 Å². The van der Waals surface area contributed by atoms with Gasteiger partial charge in [0.05, 0.1) is 12.6 Å². The van der Waals surface area contributed by atoms with Crippen molar-refractivity contribution in [3.05, 3.63) is 107 Å². The Morgan fingerprint density at radius 2 is 1.71 bits per heavy atom. The van der Waals surface area contributed by atoms with Crippen LogP contribution >= 0.6 is 0 Å². The quantitative estimate of drug-likeness (QED) is 0.265. The molecular formula is C35H40N4O3. The first-order valence-corrected chi connectivity index (χ1v) is 14.5. The van der Waals surface area contributed by atoms with Crippen LogP contribution in [0.2, 0.25) is 0 Å². The number of aliphatic hydroxyl groups is 1. The molecule has 0 unspecified atom stereocenters. The second-order valence-electron chi connectivity index (χ2n) is 11.5. The van der Waals surface area contributed by atoms with Crippen LogP contribution in [0.1, 0.15) is 34.7 Å². The van der Waals surface area contributed by atoms with Gasteiger partial charge in [0.2, 0.25) is 5.91 Å². The number of hydrogen-bond acceptors (Lipinski definition) is 5. The number of aromatic amines is 1. The number of nitrogens with one attached hydrogen (secondary N) is 2. The minimum Gasteiger partial charge on any atom is -0.391 e. The molecule has 2 heterocycles. The topological polar surface area (TPSA) is 80.8 Å². The molecule has 0 radical (unpaired) electrons. The fourth-order valence-electron chi connectivity index (χ4n) is 5.64. The Morgan fingerprint density at radius 1 is 1.05 bits per heavy atom. The van der Waals surface area contributed by atoms with Gasteiger partial charge >= 0.3 is 0 Å². The van der Waals surface area contributed by atoms with E-state index in [1.807, 2.05) is 73.7 Å². The molecule has 7 heteroatoms. The summed E-state index contributed by atoms with van der Waals surface area (Å²) in [7, 11) is 3.95. The van der Waals surface area contributed by atoms with E-state index in [1.54, 1.807) is 12.0 Å². The zero-order chi connectivity index (χ0) is 29.6. The second-order valence-corrected chi connectivity index (χ2v) is 11.5. The number of rotatable bonds is 9. The van der Waals surface area contributed by atoms with Gasteiger partial charge < -0.3 is 20.3 Å². The first kappa shape index (κ1) is 29.6. The zero-order valence-corrected chi connectivity index (χ0v) is 24.8. The largest absolute Gasteiger partial charge is 0.391 e. The summed E-state index contributed by atoms with van der Waals surface area (Å²) in [6.07, 6.45) is 1.51. The number of hydrogen-bond donors (Lipinski definition) is 3. The van der Waals surface area contributed by atoms with Crippen LogP contribution in [0.25, 0.3) is 10.9 Å². The summed E-state index contributed by atoms with van der Waals surface area (Å²) in [6, 6.07) is 23.8. The highest BCUT2D eigenvalue weighted by molar-refractivity contribution is 5.84. The van der Waals surface area contributed by atoms with Crippen molar-refractivity contribution in [1.29, 1.82) is 0 Å². The average Bonchev–Trinajstić information content (AvgIpc) is 3.54. The Hall–Kier alpha value is -3.93. The number of benzene rings is 3. The van der Waals surface area contributed by atoms with Gasteiger partial charge in [-0.3, -0.25) is 9.63 Å². The van der Waals surface area contributed by atoms with Gasteiger partial charge in [0.15, 0.2) is 0 Å². The van der Waals surface area contributed by atoms with Crippen LogP contribution in [-0.2, 0) is 22.6 Å². The maximum absolute atomic E-state index is 13.7. The number of para-hydroxylation sites is 1. The molecule has 1 amide bonds. The van der Waals surface area contributed by atoms with E-state index in [9.17, 15) is 9.90 Å². The molecule has 1 saturated heterocycles. The van der Waals surface area contributed by atoms with Crippen LogP contribution in [0.15, 0.2) is 79.0 Å². The van der Waals surface area contributed by atoms with Crippen molar-refractivity contribution in [3.63, 3.8) is 0 Å². The number of fused-ring (bicyclic) bond motifs is 1. The lowest BCUT2D eigenvalue weighted by Gasteiger charge is -2.27. The van der Waals surface area contributed by atoms with Crippen LogP contribution in [0, 0.1) is 24.7 Å². The second kappa shape index (κ2) is 13.4. The van der Waals surface area contributed by atoms with E-state index in [-0.39, 0.29) is 11.8 Å². The Kier molecular flexibility index (Phi) is 9.41. The maximum Gasteiger partial charge on any atom is 0.240 e. The molecule has 4 aromatic rings. The number of H-pyrrole nitrogens is 1. The third-order valence-corrected chi connectivity index (χ3v) is 7.78. The van der Waals surface area contributed by atoms with Crippen molar-refractivity contribution in [2.75, 3.05) is 27.2 Å². The van der Waals surface area contributed by atoms with E-state index < -0.39 is 18.2 Å². The lowest BCUT2D eigenvalue weighted by atomic mass is 9.90. The number of amides is 1. The summed E-state index contributed by atoms with van der Waals surface area (Å²) >= 11 is 0. The van der Waals surface area contributed by atoms with Crippen LogP contribution in [0.3, 0.4) is 0 Å². The van der Waals surface area contributed by atoms with E-state index in [0.717, 1.165) is 22.2 Å². The summed E-state index contributed by atoms with van der Waals surface area (Å²) in [5.41, 5.74) is 6.36. The molecule has 1 aliphatic rings. The van der Waals surface area contributed by atoms with Crippen molar-refractivity contribution in [3.8, 4) is 11.8 Å². The highest BCUT2D eigenvalue weighted by Gasteiger charge is 2.48. The van der Waals surface area contributed by atoms with Gasteiger partial charge in [0, 0.05) is 47.2 Å². The van der Waals surface area contributed by atoms with E-state index in [0.29, 0.717) is 26.1 Å². The predicted molar refractivity (Wildman–Crippen MR) is 167 cm³/mol. The molecule has 1 aromatic heterocycles. The van der Waals surface area contributed by atoms with Gasteiger partial charge in [-0.25, -0.2) is 0 Å². The third kappa shape index (κ3) is 7.10. The van der Waals surface area contributed by atoms with E-state index in [1.165, 1.54) is 16.5 Å². The summed E-state index contributed by atoms with van der Waals surface area (Å²) in [6.45, 7) is 5.32. The fraction of sp³-hybridized carbons (Fsp3) is 0.343. The van der Waals surface area contributed by atoms with Crippen LogP contribution in [0.5, 0.6) is 0 Å². The lowest BCUT2D eigenvalue weighted by Crippen LogP contribution is -2.49. The van der Waals surface area contributed by atoms with E-state index >= 15 is 0 Å². The Balaban J connectivity index is 1.29. The predicted octanol–water partition coefficient (Wildman–Crippen LogP) is 4.28. The molecule has 1 fully saturated rings. The number of nitrogens with zero attached hydrogens (tertiary/aromatic N) is 2. The van der Waals surface area contributed by atoms with E-state index in [2.05, 4.69) is 53.3 Å². The molecule has 42 heavy (non-hydrogen) atoms. The first-order chi connectivity index (χ1) is 20.3. The summed E-state index contributed by atoms with van der Waals surface area (Å²) in [5.74, 6) is 6.14. The monoisotopic (exact) mass is 564 g/mol. The molecule has 0 bridgehead atoms. The number of aryl methyl sites for hydroxylation is 1. The van der Waals surface area contributed by atoms with Crippen molar-refractivity contribution in [1.82, 2.24) is 20.3 Å². The molecule has 1 aliphatic heterocycles. The number of aromatic nitrogens is 1. The summed E-state index contributed by atoms with van der Waals surface area (Å²) in [4.78, 5) is 25.4. The standard InChI is InChI=1S/C35H40N4O3/c1-24-9-11-26(12-10-24)13-14-27-15-17-28(18-16-27)22-39-33(31(23-38(3)4)34(42-39)25(2)40)35(41)36-20-19-29-21-37-32-8-6-5-7-30(29)32/h5-12,15-18,21,25,31,33-34,37,40H,19-20,22-23H2,1-4H3,(H,36,41)/t25-,31-,33+,34+/m1/s1. The van der Waals surface area contributed by atoms with Crippen molar-refractivity contribution in [2.24, 2.45) is 5.92 Å². The maximum atomic E-state index is 13.7. The summed E-state index contributed by atoms with van der Waals surface area (Å²) < 4.78 is 0. The smallest absolute Gasteiger partial charge is 0.240 e. The number of carbonyl (C=O) groups is 1. The van der Waals surface area contributed by atoms with Crippen LogP contribution < -0.4 is 5.32 Å². The zero-order valence-electron chi connectivity index (χ0n) is 24.8. The Labute approximate surface area is 248 Å². The molecule has 0 aliphatic carbocycles. The van der Waals surface area contributed by atoms with Gasteiger partial charge in [-0.05, 0) is 75.8 Å².